The summed E-state index contributed by atoms with van der Waals surface area (Å²) < 4.78 is 3.45. The standard InChI is InChI=1S/C19H25N5O2/c1-4-6-10-24-17-16(18(25)22-19(24)26)23(5-2)15(21-17)12-20-14-9-7-8-13(3)11-14/h7-9,11,20H,4-6,10,12H2,1-3H3,(H,22,25,26). The molecule has 0 fully saturated rings. The molecule has 138 valence electrons. The molecule has 0 aliphatic rings. The number of nitrogens with zero attached hydrogens (tertiary/aromatic N) is 3. The summed E-state index contributed by atoms with van der Waals surface area (Å²) in [7, 11) is 0. The number of unbranched alkanes of at least 4 members (excludes halogenated alkanes) is 1. The van der Waals surface area contributed by atoms with E-state index in [-0.39, 0.29) is 5.56 Å². The smallest absolute Gasteiger partial charge is 0.330 e. The Bertz CT molecular complexity index is 1030. The van der Waals surface area contributed by atoms with Crippen LogP contribution in [-0.4, -0.2) is 19.1 Å². The molecule has 0 saturated heterocycles. The minimum absolute atomic E-state index is 0.381. The fourth-order valence-corrected chi connectivity index (χ4v) is 3.15. The number of nitrogens with one attached hydrogen (secondary N) is 2. The van der Waals surface area contributed by atoms with Gasteiger partial charge >= 0.3 is 5.69 Å². The third-order valence-corrected chi connectivity index (χ3v) is 4.48. The molecule has 2 aromatic heterocycles. The van der Waals surface area contributed by atoms with Crippen molar-refractivity contribution in [3.63, 3.8) is 0 Å². The van der Waals surface area contributed by atoms with Crippen molar-refractivity contribution in [2.24, 2.45) is 0 Å². The first-order chi connectivity index (χ1) is 12.5. The second kappa shape index (κ2) is 7.59. The zero-order valence-electron chi connectivity index (χ0n) is 15.5. The molecule has 0 spiro atoms. The van der Waals surface area contributed by atoms with E-state index in [1.165, 1.54) is 5.56 Å². The van der Waals surface area contributed by atoms with Crippen molar-refractivity contribution in [2.45, 2.75) is 53.2 Å². The molecule has 7 nitrogen and oxygen atoms in total. The first kappa shape index (κ1) is 18.0. The number of H-pyrrole nitrogens is 1. The second-order valence-corrected chi connectivity index (χ2v) is 6.43. The predicted molar refractivity (Wildman–Crippen MR) is 104 cm³/mol. The second-order valence-electron chi connectivity index (χ2n) is 6.43. The van der Waals surface area contributed by atoms with Crippen LogP contribution in [0.4, 0.5) is 5.69 Å². The van der Waals surface area contributed by atoms with Crippen LogP contribution in [-0.2, 0) is 19.6 Å². The normalized spacial score (nSPS) is 11.2. The first-order valence-corrected chi connectivity index (χ1v) is 9.08. The van der Waals surface area contributed by atoms with Gasteiger partial charge in [-0.1, -0.05) is 25.5 Å². The predicted octanol–water partition coefficient (Wildman–Crippen LogP) is 2.63. The van der Waals surface area contributed by atoms with Gasteiger partial charge in [-0.2, -0.15) is 0 Å². The average molecular weight is 355 g/mol. The lowest BCUT2D eigenvalue weighted by atomic mass is 10.2. The lowest BCUT2D eigenvalue weighted by Gasteiger charge is -2.08. The Hall–Kier alpha value is -2.83. The molecule has 26 heavy (non-hydrogen) atoms. The topological polar surface area (TPSA) is 84.7 Å². The van der Waals surface area contributed by atoms with Crippen LogP contribution in [0.5, 0.6) is 0 Å². The van der Waals surface area contributed by atoms with Crippen molar-refractivity contribution in [2.75, 3.05) is 5.32 Å². The molecule has 0 saturated carbocycles. The van der Waals surface area contributed by atoms with Gasteiger partial charge in [-0.25, -0.2) is 9.78 Å². The van der Waals surface area contributed by atoms with E-state index in [1.54, 1.807) is 4.57 Å². The lowest BCUT2D eigenvalue weighted by molar-refractivity contribution is 0.613. The lowest BCUT2D eigenvalue weighted by Crippen LogP contribution is -2.31. The Morgan fingerprint density at radius 1 is 1.19 bits per heavy atom. The van der Waals surface area contributed by atoms with Crippen LogP contribution in [0.2, 0.25) is 0 Å². The zero-order chi connectivity index (χ0) is 18.7. The summed E-state index contributed by atoms with van der Waals surface area (Å²) in [6, 6.07) is 8.09. The molecule has 2 heterocycles. The largest absolute Gasteiger partial charge is 0.378 e. The molecule has 0 unspecified atom stereocenters. The highest BCUT2D eigenvalue weighted by Crippen LogP contribution is 2.15. The monoisotopic (exact) mass is 355 g/mol. The number of anilines is 1. The highest BCUT2D eigenvalue weighted by atomic mass is 16.2. The Balaban J connectivity index is 2.04. The molecule has 0 atom stereocenters. The molecule has 1 aromatic carbocycles. The maximum absolute atomic E-state index is 12.4. The van der Waals surface area contributed by atoms with Gasteiger partial charge in [-0.3, -0.25) is 14.3 Å². The SMILES string of the molecule is CCCCn1c(=O)[nH]c(=O)c2c1nc(CNc1cccc(C)c1)n2CC. The van der Waals surface area contributed by atoms with Crippen LogP contribution in [0.1, 0.15) is 38.1 Å². The number of fused-ring (bicyclic) bond motifs is 1. The minimum atomic E-state index is -0.394. The summed E-state index contributed by atoms with van der Waals surface area (Å²) in [5, 5.41) is 3.35. The van der Waals surface area contributed by atoms with E-state index in [4.69, 9.17) is 0 Å². The maximum atomic E-state index is 12.4. The minimum Gasteiger partial charge on any atom is -0.378 e. The first-order valence-electron chi connectivity index (χ1n) is 9.08. The summed E-state index contributed by atoms with van der Waals surface area (Å²) in [4.78, 5) is 31.7. The number of hydrogen-bond donors (Lipinski definition) is 2. The fraction of sp³-hybridized carbons (Fsp3) is 0.421. The number of benzene rings is 1. The maximum Gasteiger partial charge on any atom is 0.330 e. The Morgan fingerprint density at radius 3 is 2.69 bits per heavy atom. The van der Waals surface area contributed by atoms with Gasteiger partial charge in [0.15, 0.2) is 11.2 Å². The van der Waals surface area contributed by atoms with E-state index in [9.17, 15) is 9.59 Å². The van der Waals surface area contributed by atoms with Crippen LogP contribution >= 0.6 is 0 Å². The third kappa shape index (κ3) is 3.42. The van der Waals surface area contributed by atoms with E-state index in [0.29, 0.717) is 30.8 Å². The molecule has 0 amide bonds. The van der Waals surface area contributed by atoms with Gasteiger partial charge in [-0.05, 0) is 38.0 Å². The molecular formula is C19H25N5O2. The number of aromatic nitrogens is 4. The van der Waals surface area contributed by atoms with E-state index >= 15 is 0 Å². The van der Waals surface area contributed by atoms with Crippen molar-refractivity contribution in [3.8, 4) is 0 Å². The van der Waals surface area contributed by atoms with Gasteiger partial charge in [0.05, 0.1) is 6.54 Å². The molecule has 0 bridgehead atoms. The van der Waals surface area contributed by atoms with Crippen LogP contribution in [0.3, 0.4) is 0 Å². The van der Waals surface area contributed by atoms with E-state index in [2.05, 4.69) is 28.3 Å². The van der Waals surface area contributed by atoms with Crippen molar-refractivity contribution < 1.29 is 0 Å². The summed E-state index contributed by atoms with van der Waals surface area (Å²) >= 11 is 0. The molecule has 3 aromatic rings. The van der Waals surface area contributed by atoms with Crippen molar-refractivity contribution >= 4 is 16.9 Å². The molecule has 7 heteroatoms. The van der Waals surface area contributed by atoms with Gasteiger partial charge in [0.25, 0.3) is 5.56 Å². The van der Waals surface area contributed by atoms with Crippen molar-refractivity contribution in [3.05, 3.63) is 56.5 Å². The molecule has 0 radical (unpaired) electrons. The van der Waals surface area contributed by atoms with Gasteiger partial charge < -0.3 is 9.88 Å². The Morgan fingerprint density at radius 2 is 2.00 bits per heavy atom. The number of hydrogen-bond acceptors (Lipinski definition) is 4. The molecule has 0 aliphatic carbocycles. The van der Waals surface area contributed by atoms with Crippen LogP contribution in [0.15, 0.2) is 33.9 Å². The number of aromatic amines is 1. The summed E-state index contributed by atoms with van der Waals surface area (Å²) in [5.74, 6) is 0.741. The zero-order valence-corrected chi connectivity index (χ0v) is 15.5. The Labute approximate surface area is 151 Å². The van der Waals surface area contributed by atoms with E-state index < -0.39 is 5.69 Å². The van der Waals surface area contributed by atoms with Crippen LogP contribution in [0, 0.1) is 6.92 Å². The van der Waals surface area contributed by atoms with Gasteiger partial charge in [0.2, 0.25) is 0 Å². The van der Waals surface area contributed by atoms with Gasteiger partial charge in [-0.15, -0.1) is 0 Å². The van der Waals surface area contributed by atoms with Crippen molar-refractivity contribution in [1.82, 2.24) is 19.1 Å². The molecule has 0 aliphatic heterocycles. The number of aryl methyl sites for hydroxylation is 3. The molecule has 2 N–H and O–H groups in total. The van der Waals surface area contributed by atoms with Crippen molar-refractivity contribution in [1.29, 1.82) is 0 Å². The van der Waals surface area contributed by atoms with Crippen LogP contribution in [0.25, 0.3) is 11.2 Å². The molecular weight excluding hydrogens is 330 g/mol. The number of rotatable bonds is 7. The highest BCUT2D eigenvalue weighted by molar-refractivity contribution is 5.71. The quantitative estimate of drug-likeness (QED) is 0.682. The van der Waals surface area contributed by atoms with Gasteiger partial charge in [0, 0.05) is 18.8 Å². The van der Waals surface area contributed by atoms with E-state index in [1.807, 2.05) is 36.6 Å². The number of imidazole rings is 1. The fourth-order valence-electron chi connectivity index (χ4n) is 3.15. The third-order valence-electron chi connectivity index (χ3n) is 4.48. The van der Waals surface area contributed by atoms with E-state index in [0.717, 1.165) is 24.4 Å². The van der Waals surface area contributed by atoms with Crippen LogP contribution < -0.4 is 16.6 Å². The van der Waals surface area contributed by atoms with Gasteiger partial charge in [0.1, 0.15) is 5.82 Å². The summed E-state index contributed by atoms with van der Waals surface area (Å²) in [6.07, 6.45) is 1.82. The average Bonchev–Trinajstić information content (AvgIpc) is 2.99. The molecule has 3 rings (SSSR count). The summed E-state index contributed by atoms with van der Waals surface area (Å²) in [6.45, 7) is 7.71. The highest BCUT2D eigenvalue weighted by Gasteiger charge is 2.17. The summed E-state index contributed by atoms with van der Waals surface area (Å²) in [5.41, 5.74) is 2.32. The Kier molecular flexibility index (Phi) is 5.25.